The summed E-state index contributed by atoms with van der Waals surface area (Å²) >= 11 is 0. The lowest BCUT2D eigenvalue weighted by molar-refractivity contribution is 0.0951. The number of benzene rings is 2. The number of nitrogens with one attached hydrogen (secondary N) is 2. The van der Waals surface area contributed by atoms with Crippen LogP contribution in [0, 0.1) is 5.82 Å². The van der Waals surface area contributed by atoms with E-state index in [1.807, 2.05) is 6.07 Å². The summed E-state index contributed by atoms with van der Waals surface area (Å²) in [5, 5.41) is 14.6. The fourth-order valence-electron chi connectivity index (χ4n) is 1.97. The molecule has 2 aromatic carbocycles. The SMILES string of the molecule is O=C(NCCCO)c1ccc(NCc2cccc(F)c2)cc1. The minimum Gasteiger partial charge on any atom is -0.396 e. The summed E-state index contributed by atoms with van der Waals surface area (Å²) in [7, 11) is 0. The maximum atomic E-state index is 13.1. The molecule has 2 rings (SSSR count). The highest BCUT2D eigenvalue weighted by atomic mass is 19.1. The molecule has 0 aliphatic carbocycles. The summed E-state index contributed by atoms with van der Waals surface area (Å²) in [6.07, 6.45) is 0.541. The van der Waals surface area contributed by atoms with E-state index in [1.165, 1.54) is 12.1 Å². The van der Waals surface area contributed by atoms with Crippen LogP contribution in [0.3, 0.4) is 0 Å². The van der Waals surface area contributed by atoms with Crippen molar-refractivity contribution in [3.8, 4) is 0 Å². The zero-order chi connectivity index (χ0) is 15.8. The van der Waals surface area contributed by atoms with Gasteiger partial charge in [-0.15, -0.1) is 0 Å². The third-order valence-corrected chi connectivity index (χ3v) is 3.15. The number of hydrogen-bond donors (Lipinski definition) is 3. The Morgan fingerprint density at radius 3 is 2.59 bits per heavy atom. The van der Waals surface area contributed by atoms with Crippen LogP contribution in [0.4, 0.5) is 10.1 Å². The number of halogens is 1. The first-order valence-electron chi connectivity index (χ1n) is 7.16. The van der Waals surface area contributed by atoms with E-state index in [1.54, 1.807) is 30.3 Å². The van der Waals surface area contributed by atoms with E-state index in [4.69, 9.17) is 5.11 Å². The molecule has 116 valence electrons. The number of carbonyl (C=O) groups excluding carboxylic acids is 1. The Hall–Kier alpha value is -2.40. The molecule has 3 N–H and O–H groups in total. The van der Waals surface area contributed by atoms with Crippen LogP contribution in [-0.2, 0) is 6.54 Å². The first-order chi connectivity index (χ1) is 10.7. The molecule has 0 aliphatic heterocycles. The zero-order valence-electron chi connectivity index (χ0n) is 12.2. The second-order valence-electron chi connectivity index (χ2n) is 4.89. The Labute approximate surface area is 129 Å². The Morgan fingerprint density at radius 1 is 1.14 bits per heavy atom. The third kappa shape index (κ3) is 4.86. The molecule has 0 radical (unpaired) electrons. The Bertz CT molecular complexity index is 614. The van der Waals surface area contributed by atoms with Crippen LogP contribution in [0.25, 0.3) is 0 Å². The normalized spacial score (nSPS) is 10.3. The van der Waals surface area contributed by atoms with Crippen molar-refractivity contribution in [3.63, 3.8) is 0 Å². The van der Waals surface area contributed by atoms with Gasteiger partial charge in [0.05, 0.1) is 0 Å². The third-order valence-electron chi connectivity index (χ3n) is 3.15. The van der Waals surface area contributed by atoms with Gasteiger partial charge in [-0.1, -0.05) is 12.1 Å². The summed E-state index contributed by atoms with van der Waals surface area (Å²) in [5.74, 6) is -0.417. The van der Waals surface area contributed by atoms with E-state index in [2.05, 4.69) is 10.6 Å². The molecule has 0 unspecified atom stereocenters. The van der Waals surface area contributed by atoms with Crippen molar-refractivity contribution in [2.75, 3.05) is 18.5 Å². The van der Waals surface area contributed by atoms with Crippen LogP contribution < -0.4 is 10.6 Å². The van der Waals surface area contributed by atoms with Crippen LogP contribution in [-0.4, -0.2) is 24.2 Å². The van der Waals surface area contributed by atoms with E-state index >= 15 is 0 Å². The molecule has 0 bridgehead atoms. The Balaban J connectivity index is 1.87. The van der Waals surface area contributed by atoms with Gasteiger partial charge >= 0.3 is 0 Å². The fourth-order valence-corrected chi connectivity index (χ4v) is 1.97. The first kappa shape index (κ1) is 16.0. The van der Waals surface area contributed by atoms with Crippen molar-refractivity contribution in [2.45, 2.75) is 13.0 Å². The van der Waals surface area contributed by atoms with E-state index < -0.39 is 0 Å². The summed E-state index contributed by atoms with van der Waals surface area (Å²) in [4.78, 5) is 11.8. The lowest BCUT2D eigenvalue weighted by atomic mass is 10.1. The van der Waals surface area contributed by atoms with Crippen molar-refractivity contribution in [2.24, 2.45) is 0 Å². The minimum atomic E-state index is -0.255. The summed E-state index contributed by atoms with van der Waals surface area (Å²) in [5.41, 5.74) is 2.27. The summed E-state index contributed by atoms with van der Waals surface area (Å²) in [6.45, 7) is 1.03. The molecule has 0 saturated carbocycles. The number of amides is 1. The quantitative estimate of drug-likeness (QED) is 0.689. The molecule has 0 spiro atoms. The van der Waals surface area contributed by atoms with E-state index in [0.717, 1.165) is 11.3 Å². The smallest absolute Gasteiger partial charge is 0.251 e. The maximum Gasteiger partial charge on any atom is 0.251 e. The molecule has 0 atom stereocenters. The van der Waals surface area contributed by atoms with E-state index in [9.17, 15) is 9.18 Å². The van der Waals surface area contributed by atoms with Crippen LogP contribution >= 0.6 is 0 Å². The number of aliphatic hydroxyl groups excluding tert-OH is 1. The second-order valence-corrected chi connectivity index (χ2v) is 4.89. The van der Waals surface area contributed by atoms with Gasteiger partial charge in [-0.05, 0) is 48.4 Å². The zero-order valence-corrected chi connectivity index (χ0v) is 12.2. The molecule has 0 fully saturated rings. The Kier molecular flexibility index (Phi) is 5.91. The average Bonchev–Trinajstić information content (AvgIpc) is 2.54. The second kappa shape index (κ2) is 8.14. The molecule has 0 heterocycles. The predicted molar refractivity (Wildman–Crippen MR) is 84.2 cm³/mol. The summed E-state index contributed by atoms with van der Waals surface area (Å²) < 4.78 is 13.1. The van der Waals surface area contributed by atoms with Gasteiger partial charge in [0.1, 0.15) is 5.82 Å². The lowest BCUT2D eigenvalue weighted by Crippen LogP contribution is -2.24. The molecule has 0 saturated heterocycles. The number of carbonyl (C=O) groups is 1. The number of hydrogen-bond acceptors (Lipinski definition) is 3. The van der Waals surface area contributed by atoms with Gasteiger partial charge in [0.2, 0.25) is 0 Å². The van der Waals surface area contributed by atoms with Gasteiger partial charge in [0, 0.05) is 30.9 Å². The highest BCUT2D eigenvalue weighted by molar-refractivity contribution is 5.94. The molecule has 22 heavy (non-hydrogen) atoms. The molecule has 1 amide bonds. The molecule has 5 heteroatoms. The largest absolute Gasteiger partial charge is 0.396 e. The topological polar surface area (TPSA) is 61.4 Å². The fraction of sp³-hybridized carbons (Fsp3) is 0.235. The Morgan fingerprint density at radius 2 is 1.91 bits per heavy atom. The minimum absolute atomic E-state index is 0.0587. The van der Waals surface area contributed by atoms with Crippen LogP contribution in [0.15, 0.2) is 48.5 Å². The molecular formula is C17H19FN2O2. The molecule has 4 nitrogen and oxygen atoms in total. The highest BCUT2D eigenvalue weighted by Gasteiger charge is 2.04. The van der Waals surface area contributed by atoms with Crippen LogP contribution in [0.1, 0.15) is 22.3 Å². The van der Waals surface area contributed by atoms with Gasteiger partial charge in [-0.3, -0.25) is 4.79 Å². The van der Waals surface area contributed by atoms with E-state index in [-0.39, 0.29) is 18.3 Å². The van der Waals surface area contributed by atoms with Gasteiger partial charge < -0.3 is 15.7 Å². The van der Waals surface area contributed by atoms with Crippen molar-refractivity contribution < 1.29 is 14.3 Å². The lowest BCUT2D eigenvalue weighted by Gasteiger charge is -2.08. The monoisotopic (exact) mass is 302 g/mol. The van der Waals surface area contributed by atoms with Gasteiger partial charge in [0.15, 0.2) is 0 Å². The van der Waals surface area contributed by atoms with Crippen molar-refractivity contribution in [3.05, 3.63) is 65.5 Å². The van der Waals surface area contributed by atoms with Gasteiger partial charge in [-0.2, -0.15) is 0 Å². The first-order valence-corrected chi connectivity index (χ1v) is 7.16. The predicted octanol–water partition coefficient (Wildman–Crippen LogP) is 2.55. The van der Waals surface area contributed by atoms with Crippen LogP contribution in [0.2, 0.25) is 0 Å². The van der Waals surface area contributed by atoms with Crippen LogP contribution in [0.5, 0.6) is 0 Å². The van der Waals surface area contributed by atoms with Gasteiger partial charge in [0.25, 0.3) is 5.91 Å². The molecular weight excluding hydrogens is 283 g/mol. The van der Waals surface area contributed by atoms with Crippen molar-refractivity contribution in [1.82, 2.24) is 5.32 Å². The molecule has 0 aromatic heterocycles. The van der Waals surface area contributed by atoms with Crippen molar-refractivity contribution >= 4 is 11.6 Å². The maximum absolute atomic E-state index is 13.1. The van der Waals surface area contributed by atoms with Gasteiger partial charge in [-0.25, -0.2) is 4.39 Å². The average molecular weight is 302 g/mol. The van der Waals surface area contributed by atoms with Crippen molar-refractivity contribution in [1.29, 1.82) is 0 Å². The van der Waals surface area contributed by atoms with E-state index in [0.29, 0.717) is 25.1 Å². The molecule has 0 aliphatic rings. The number of rotatable bonds is 7. The summed E-state index contributed by atoms with van der Waals surface area (Å²) in [6, 6.07) is 13.5. The standard InChI is InChI=1S/C17H19FN2O2/c18-15-4-1-3-13(11-15)12-20-16-7-5-14(6-8-16)17(22)19-9-2-10-21/h1,3-8,11,20-21H,2,9-10,12H2,(H,19,22). The number of aliphatic hydroxyl groups is 1. The molecule has 2 aromatic rings. The highest BCUT2D eigenvalue weighted by Crippen LogP contribution is 2.12. The number of anilines is 1.